The summed E-state index contributed by atoms with van der Waals surface area (Å²) in [6.07, 6.45) is 1.81. The number of halogens is 3. The lowest BCUT2D eigenvalue weighted by molar-refractivity contribution is 0.562. The fourth-order valence-corrected chi connectivity index (χ4v) is 1.77. The average Bonchev–Trinajstić information content (AvgIpc) is 2.06. The van der Waals surface area contributed by atoms with Gasteiger partial charge in [-0.2, -0.15) is 11.8 Å². The molecule has 12 heavy (non-hydrogen) atoms. The van der Waals surface area contributed by atoms with Crippen LogP contribution in [0.1, 0.15) is 5.56 Å². The molecule has 0 unspecified atom stereocenters. The summed E-state index contributed by atoms with van der Waals surface area (Å²) in [5.41, 5.74) is 0.136. The van der Waals surface area contributed by atoms with Crippen LogP contribution in [0, 0.1) is 11.6 Å². The van der Waals surface area contributed by atoms with Crippen LogP contribution in [0.3, 0.4) is 0 Å². The molecule has 0 spiro atoms. The van der Waals surface area contributed by atoms with Crippen molar-refractivity contribution in [3.8, 4) is 0 Å². The van der Waals surface area contributed by atoms with Gasteiger partial charge in [0.1, 0.15) is 11.6 Å². The first-order valence-electron chi connectivity index (χ1n) is 3.28. The van der Waals surface area contributed by atoms with Crippen LogP contribution >= 0.6 is 27.7 Å². The Morgan fingerprint density at radius 2 is 2.08 bits per heavy atom. The molecule has 4 heteroatoms. The van der Waals surface area contributed by atoms with Gasteiger partial charge < -0.3 is 0 Å². The number of hydrogen-bond acceptors (Lipinski definition) is 1. The highest BCUT2D eigenvalue weighted by Gasteiger charge is 2.10. The maximum atomic E-state index is 13.1. The first-order chi connectivity index (χ1) is 5.66. The molecule has 1 rings (SSSR count). The minimum absolute atomic E-state index is 0.136. The van der Waals surface area contributed by atoms with E-state index in [0.29, 0.717) is 10.2 Å². The fraction of sp³-hybridized carbons (Fsp3) is 0.250. The maximum Gasteiger partial charge on any atom is 0.144 e. The van der Waals surface area contributed by atoms with Crippen molar-refractivity contribution < 1.29 is 8.78 Å². The van der Waals surface area contributed by atoms with E-state index in [1.165, 1.54) is 23.9 Å². The summed E-state index contributed by atoms with van der Waals surface area (Å²) in [6, 6.07) is 2.63. The van der Waals surface area contributed by atoms with E-state index in [1.54, 1.807) is 6.26 Å². The second-order valence-electron chi connectivity index (χ2n) is 2.25. The number of hydrogen-bond donors (Lipinski definition) is 0. The molecule has 0 amide bonds. The first kappa shape index (κ1) is 9.99. The Hall–Kier alpha value is -0.0900. The SMILES string of the molecule is CSCc1c(F)ccc(Br)c1F. The van der Waals surface area contributed by atoms with E-state index in [4.69, 9.17) is 0 Å². The summed E-state index contributed by atoms with van der Waals surface area (Å²) >= 11 is 4.39. The van der Waals surface area contributed by atoms with E-state index in [1.807, 2.05) is 0 Å². The Bertz CT molecular complexity index is 289. The van der Waals surface area contributed by atoms with Crippen LogP contribution in [0.15, 0.2) is 16.6 Å². The van der Waals surface area contributed by atoms with Gasteiger partial charge in [0, 0.05) is 11.3 Å². The van der Waals surface area contributed by atoms with Crippen molar-refractivity contribution in [2.75, 3.05) is 6.26 Å². The van der Waals surface area contributed by atoms with Gasteiger partial charge in [-0.05, 0) is 34.3 Å². The van der Waals surface area contributed by atoms with E-state index >= 15 is 0 Å². The second-order valence-corrected chi connectivity index (χ2v) is 3.98. The van der Waals surface area contributed by atoms with E-state index in [9.17, 15) is 8.78 Å². The molecule has 0 aliphatic heterocycles. The number of thioether (sulfide) groups is 1. The maximum absolute atomic E-state index is 13.1. The second kappa shape index (κ2) is 4.23. The average molecular weight is 253 g/mol. The predicted molar refractivity (Wildman–Crippen MR) is 51.3 cm³/mol. The summed E-state index contributed by atoms with van der Waals surface area (Å²) in [5, 5.41) is 0. The van der Waals surface area contributed by atoms with Crippen LogP contribution in [-0.2, 0) is 5.75 Å². The van der Waals surface area contributed by atoms with Gasteiger partial charge in [-0.25, -0.2) is 8.78 Å². The normalized spacial score (nSPS) is 10.3. The predicted octanol–water partition coefficient (Wildman–Crippen LogP) is 3.59. The van der Waals surface area contributed by atoms with E-state index in [0.717, 1.165) is 0 Å². The molecule has 0 saturated heterocycles. The standard InChI is InChI=1S/C8H7BrF2S/c1-12-4-5-7(10)3-2-6(9)8(5)11/h2-3H,4H2,1H3. The zero-order chi connectivity index (χ0) is 9.14. The van der Waals surface area contributed by atoms with Crippen molar-refractivity contribution in [1.82, 2.24) is 0 Å². The molecule has 0 atom stereocenters. The van der Waals surface area contributed by atoms with E-state index < -0.39 is 11.6 Å². The Morgan fingerprint density at radius 3 is 2.67 bits per heavy atom. The Morgan fingerprint density at radius 1 is 1.42 bits per heavy atom. The molecule has 0 aliphatic rings. The topological polar surface area (TPSA) is 0 Å². The van der Waals surface area contributed by atoms with Crippen molar-refractivity contribution in [3.05, 3.63) is 33.8 Å². The molecular weight excluding hydrogens is 246 g/mol. The molecule has 66 valence electrons. The van der Waals surface area contributed by atoms with Crippen molar-refractivity contribution >= 4 is 27.7 Å². The molecule has 0 heterocycles. The van der Waals surface area contributed by atoms with Crippen LogP contribution < -0.4 is 0 Å². The van der Waals surface area contributed by atoms with Crippen LogP contribution in [0.2, 0.25) is 0 Å². The lowest BCUT2D eigenvalue weighted by atomic mass is 10.2. The summed E-state index contributed by atoms with van der Waals surface area (Å²) in [6.45, 7) is 0. The first-order valence-corrected chi connectivity index (χ1v) is 5.46. The summed E-state index contributed by atoms with van der Waals surface area (Å²) in [7, 11) is 0. The third kappa shape index (κ3) is 1.98. The molecule has 0 nitrogen and oxygen atoms in total. The summed E-state index contributed by atoms with van der Waals surface area (Å²) in [4.78, 5) is 0. The minimum atomic E-state index is -0.496. The van der Waals surface area contributed by atoms with Gasteiger partial charge in [0.25, 0.3) is 0 Å². The fourth-order valence-electron chi connectivity index (χ4n) is 0.846. The molecule has 0 aliphatic carbocycles. The van der Waals surface area contributed by atoms with E-state index in [-0.39, 0.29) is 5.56 Å². The molecule has 0 saturated carbocycles. The lowest BCUT2D eigenvalue weighted by Gasteiger charge is -2.03. The molecule has 1 aromatic carbocycles. The molecule has 0 radical (unpaired) electrons. The van der Waals surface area contributed by atoms with Gasteiger partial charge >= 0.3 is 0 Å². The van der Waals surface area contributed by atoms with Crippen molar-refractivity contribution in [1.29, 1.82) is 0 Å². The monoisotopic (exact) mass is 252 g/mol. The Labute approximate surface area is 82.5 Å². The van der Waals surface area contributed by atoms with Gasteiger partial charge in [-0.3, -0.25) is 0 Å². The van der Waals surface area contributed by atoms with Crippen LogP contribution in [0.5, 0.6) is 0 Å². The largest absolute Gasteiger partial charge is 0.207 e. The summed E-state index contributed by atoms with van der Waals surface area (Å²) < 4.78 is 26.4. The number of rotatable bonds is 2. The highest BCUT2D eigenvalue weighted by atomic mass is 79.9. The smallest absolute Gasteiger partial charge is 0.144 e. The molecule has 0 bridgehead atoms. The van der Waals surface area contributed by atoms with Crippen molar-refractivity contribution in [2.45, 2.75) is 5.75 Å². The Balaban J connectivity index is 3.14. The number of benzene rings is 1. The zero-order valence-corrected chi connectivity index (χ0v) is 8.81. The highest BCUT2D eigenvalue weighted by molar-refractivity contribution is 9.10. The van der Waals surface area contributed by atoms with Gasteiger partial charge in [-0.15, -0.1) is 0 Å². The van der Waals surface area contributed by atoms with Gasteiger partial charge in [0.05, 0.1) is 4.47 Å². The molecular formula is C8H7BrF2S. The van der Waals surface area contributed by atoms with Gasteiger partial charge in [0.15, 0.2) is 0 Å². The third-order valence-corrected chi connectivity index (χ3v) is 2.62. The molecule has 1 aromatic rings. The lowest BCUT2D eigenvalue weighted by Crippen LogP contribution is -1.93. The van der Waals surface area contributed by atoms with Crippen LogP contribution in [0.4, 0.5) is 8.78 Å². The molecule has 0 aromatic heterocycles. The molecule has 0 fully saturated rings. The van der Waals surface area contributed by atoms with Gasteiger partial charge in [0.2, 0.25) is 0 Å². The Kier molecular flexibility index (Phi) is 3.53. The van der Waals surface area contributed by atoms with Crippen LogP contribution in [-0.4, -0.2) is 6.26 Å². The van der Waals surface area contributed by atoms with Crippen molar-refractivity contribution in [2.24, 2.45) is 0 Å². The quantitative estimate of drug-likeness (QED) is 0.726. The van der Waals surface area contributed by atoms with E-state index in [2.05, 4.69) is 15.9 Å². The zero-order valence-electron chi connectivity index (χ0n) is 6.40. The highest BCUT2D eigenvalue weighted by Crippen LogP contribution is 2.24. The van der Waals surface area contributed by atoms with Crippen LogP contribution in [0.25, 0.3) is 0 Å². The summed E-state index contributed by atoms with van der Waals surface area (Å²) in [5.74, 6) is -0.619. The third-order valence-electron chi connectivity index (χ3n) is 1.43. The minimum Gasteiger partial charge on any atom is -0.207 e. The van der Waals surface area contributed by atoms with Crippen molar-refractivity contribution in [3.63, 3.8) is 0 Å². The molecule has 0 N–H and O–H groups in total. The van der Waals surface area contributed by atoms with Gasteiger partial charge in [-0.1, -0.05) is 0 Å².